The molecule has 0 bridgehead atoms. The molecule has 4 nitrogen and oxygen atoms in total. The molecule has 0 atom stereocenters. The Kier molecular flexibility index (Phi) is 4.09. The number of hydrogen-bond acceptors (Lipinski definition) is 3. The normalized spacial score (nSPS) is 10.7. The lowest BCUT2D eigenvalue weighted by atomic mass is 10.2. The molecule has 1 rings (SSSR count). The van der Waals surface area contributed by atoms with Gasteiger partial charge >= 0.3 is 5.69 Å². The highest BCUT2D eigenvalue weighted by atomic mass is 79.9. The van der Waals surface area contributed by atoms with Crippen molar-refractivity contribution in [2.24, 2.45) is 0 Å². The van der Waals surface area contributed by atoms with Crippen LogP contribution in [0.4, 0.5) is 14.5 Å². The summed E-state index contributed by atoms with van der Waals surface area (Å²) in [6.45, 7) is 0. The second-order valence-corrected chi connectivity index (χ2v) is 3.93. The summed E-state index contributed by atoms with van der Waals surface area (Å²) in [4.78, 5) is 13.1. The molecule has 0 spiro atoms. The van der Waals surface area contributed by atoms with Gasteiger partial charge in [0.15, 0.2) is 5.69 Å². The van der Waals surface area contributed by atoms with Crippen molar-refractivity contribution in [3.8, 4) is 0 Å². The highest BCUT2D eigenvalue weighted by Crippen LogP contribution is 2.35. The minimum absolute atomic E-state index is 0.103. The number of nitro groups is 1. The minimum Gasteiger partial charge on any atom is -0.258 e. The summed E-state index contributed by atoms with van der Waals surface area (Å²) in [7, 11) is 0. The maximum Gasteiger partial charge on any atom is 0.301 e. The van der Waals surface area contributed by atoms with Crippen molar-refractivity contribution >= 4 is 37.5 Å². The zero-order valence-corrected chi connectivity index (χ0v) is 10.3. The molecule has 1 aromatic heterocycles. The van der Waals surface area contributed by atoms with Crippen LogP contribution in [0.2, 0.25) is 0 Å². The first kappa shape index (κ1) is 12.4. The quantitative estimate of drug-likeness (QED) is 0.478. The van der Waals surface area contributed by atoms with Crippen LogP contribution in [-0.2, 0) is 5.33 Å². The fourth-order valence-corrected chi connectivity index (χ4v) is 2.40. The SMILES string of the molecule is O=[N+]([O-])c1c(C(F)F)ncc(Br)c1CBr. The molecule has 0 aliphatic carbocycles. The van der Waals surface area contributed by atoms with E-state index in [0.717, 1.165) is 6.20 Å². The molecule has 0 aromatic carbocycles. The zero-order valence-electron chi connectivity index (χ0n) is 7.08. The third-order valence-corrected chi connectivity index (χ3v) is 2.90. The second-order valence-electron chi connectivity index (χ2n) is 2.51. The zero-order chi connectivity index (χ0) is 11.6. The largest absolute Gasteiger partial charge is 0.301 e. The van der Waals surface area contributed by atoms with Crippen LogP contribution in [0.25, 0.3) is 0 Å². The van der Waals surface area contributed by atoms with E-state index >= 15 is 0 Å². The topological polar surface area (TPSA) is 56.0 Å². The highest BCUT2D eigenvalue weighted by Gasteiger charge is 2.28. The van der Waals surface area contributed by atoms with Crippen molar-refractivity contribution in [2.45, 2.75) is 11.8 Å². The van der Waals surface area contributed by atoms with Crippen molar-refractivity contribution in [1.82, 2.24) is 4.98 Å². The summed E-state index contributed by atoms with van der Waals surface area (Å²) in [5.74, 6) is 0. The van der Waals surface area contributed by atoms with E-state index in [1.807, 2.05) is 0 Å². The number of pyridine rings is 1. The standard InChI is InChI=1S/C7H4Br2F2N2O2/c8-1-3-4(9)2-12-5(7(10)11)6(3)13(14)15/h2,7H,1H2. The first-order valence-corrected chi connectivity index (χ1v) is 5.56. The Morgan fingerprint density at radius 2 is 2.20 bits per heavy atom. The van der Waals surface area contributed by atoms with E-state index in [-0.39, 0.29) is 10.9 Å². The Hall–Kier alpha value is -0.630. The molecule has 0 aliphatic heterocycles. The smallest absolute Gasteiger partial charge is 0.258 e. The number of nitrogens with zero attached hydrogens (tertiary/aromatic N) is 2. The molecule has 0 N–H and O–H groups in total. The predicted molar refractivity (Wildman–Crippen MR) is 56.2 cm³/mol. The van der Waals surface area contributed by atoms with Crippen molar-refractivity contribution in [1.29, 1.82) is 0 Å². The molecule has 1 aromatic rings. The van der Waals surface area contributed by atoms with E-state index in [0.29, 0.717) is 4.47 Å². The summed E-state index contributed by atoms with van der Waals surface area (Å²) in [5.41, 5.74) is -1.29. The average molecular weight is 346 g/mol. The van der Waals surface area contributed by atoms with Crippen LogP contribution in [0.1, 0.15) is 17.7 Å². The molecular weight excluding hydrogens is 342 g/mol. The fourth-order valence-electron chi connectivity index (χ4n) is 1.02. The van der Waals surface area contributed by atoms with Gasteiger partial charge in [-0.25, -0.2) is 13.8 Å². The summed E-state index contributed by atoms with van der Waals surface area (Å²) >= 11 is 6.02. The molecule has 0 amide bonds. The van der Waals surface area contributed by atoms with Crippen LogP contribution >= 0.6 is 31.9 Å². The van der Waals surface area contributed by atoms with Crippen LogP contribution in [-0.4, -0.2) is 9.91 Å². The van der Waals surface area contributed by atoms with Gasteiger partial charge in [0.1, 0.15) is 0 Å². The highest BCUT2D eigenvalue weighted by molar-refractivity contribution is 9.10. The van der Waals surface area contributed by atoms with E-state index in [4.69, 9.17) is 0 Å². The molecule has 15 heavy (non-hydrogen) atoms. The van der Waals surface area contributed by atoms with E-state index in [1.165, 1.54) is 0 Å². The minimum atomic E-state index is -2.96. The van der Waals surface area contributed by atoms with Gasteiger partial charge in [-0.3, -0.25) is 10.1 Å². The molecule has 82 valence electrons. The summed E-state index contributed by atoms with van der Waals surface area (Å²) in [6, 6.07) is 0. The predicted octanol–water partition coefficient (Wildman–Crippen LogP) is 3.58. The molecule has 0 fully saturated rings. The van der Waals surface area contributed by atoms with Crippen LogP contribution in [0.5, 0.6) is 0 Å². The molecule has 8 heteroatoms. The number of aromatic nitrogens is 1. The van der Waals surface area contributed by atoms with E-state index in [2.05, 4.69) is 36.8 Å². The maximum absolute atomic E-state index is 12.4. The third-order valence-electron chi connectivity index (χ3n) is 1.66. The van der Waals surface area contributed by atoms with Gasteiger partial charge in [-0.05, 0) is 15.9 Å². The average Bonchev–Trinajstić information content (AvgIpc) is 2.16. The number of alkyl halides is 3. The molecule has 0 radical (unpaired) electrons. The number of hydrogen-bond donors (Lipinski definition) is 0. The summed E-state index contributed by atoms with van der Waals surface area (Å²) < 4.78 is 25.2. The van der Waals surface area contributed by atoms with Crippen LogP contribution in [0.15, 0.2) is 10.7 Å². The van der Waals surface area contributed by atoms with Gasteiger partial charge in [0, 0.05) is 16.0 Å². The van der Waals surface area contributed by atoms with Crippen molar-refractivity contribution < 1.29 is 13.7 Å². The molecule has 1 heterocycles. The van der Waals surface area contributed by atoms with Gasteiger partial charge in [-0.15, -0.1) is 0 Å². The lowest BCUT2D eigenvalue weighted by Gasteiger charge is -2.06. The fraction of sp³-hybridized carbons (Fsp3) is 0.286. The van der Waals surface area contributed by atoms with Gasteiger partial charge in [-0.1, -0.05) is 15.9 Å². The van der Waals surface area contributed by atoms with Gasteiger partial charge in [0.05, 0.1) is 10.5 Å². The third kappa shape index (κ3) is 2.49. The summed E-state index contributed by atoms with van der Waals surface area (Å²) in [6.07, 6.45) is -1.83. The van der Waals surface area contributed by atoms with Crippen LogP contribution < -0.4 is 0 Å². The first-order valence-electron chi connectivity index (χ1n) is 3.64. The van der Waals surface area contributed by atoms with Gasteiger partial charge in [-0.2, -0.15) is 0 Å². The lowest BCUT2D eigenvalue weighted by Crippen LogP contribution is -2.03. The van der Waals surface area contributed by atoms with E-state index in [9.17, 15) is 18.9 Å². The molecule has 0 saturated carbocycles. The van der Waals surface area contributed by atoms with Crippen molar-refractivity contribution in [3.63, 3.8) is 0 Å². The number of halogens is 4. The molecule has 0 saturated heterocycles. The van der Waals surface area contributed by atoms with Gasteiger partial charge in [0.2, 0.25) is 0 Å². The Balaban J connectivity index is 3.49. The van der Waals surface area contributed by atoms with E-state index in [1.54, 1.807) is 0 Å². The monoisotopic (exact) mass is 344 g/mol. The molecule has 0 unspecified atom stereocenters. The Labute approximate surface area is 100 Å². The van der Waals surface area contributed by atoms with Crippen LogP contribution in [0.3, 0.4) is 0 Å². The Morgan fingerprint density at radius 3 is 2.60 bits per heavy atom. The Bertz CT molecular complexity index is 401. The lowest BCUT2D eigenvalue weighted by molar-refractivity contribution is -0.387. The van der Waals surface area contributed by atoms with Crippen LogP contribution in [0, 0.1) is 10.1 Å². The van der Waals surface area contributed by atoms with Crippen molar-refractivity contribution in [2.75, 3.05) is 0 Å². The first-order chi connectivity index (χ1) is 6.99. The maximum atomic E-state index is 12.4. The van der Waals surface area contributed by atoms with Crippen molar-refractivity contribution in [3.05, 3.63) is 32.0 Å². The Morgan fingerprint density at radius 1 is 1.60 bits per heavy atom. The molecular formula is C7H4Br2F2N2O2. The second kappa shape index (κ2) is 4.93. The number of rotatable bonds is 3. The van der Waals surface area contributed by atoms with Gasteiger partial charge < -0.3 is 0 Å². The van der Waals surface area contributed by atoms with Gasteiger partial charge in [0.25, 0.3) is 6.43 Å². The molecule has 0 aliphatic rings. The summed E-state index contributed by atoms with van der Waals surface area (Å²) in [5, 5.41) is 10.8. The van der Waals surface area contributed by atoms with E-state index < -0.39 is 22.7 Å².